The summed E-state index contributed by atoms with van der Waals surface area (Å²) in [5.41, 5.74) is 1.96. The number of ether oxygens (including phenoxy) is 2. The molecule has 1 unspecified atom stereocenters. The molecule has 0 aliphatic carbocycles. The summed E-state index contributed by atoms with van der Waals surface area (Å²) >= 11 is 0. The van der Waals surface area contributed by atoms with Gasteiger partial charge in [0.15, 0.2) is 0 Å². The van der Waals surface area contributed by atoms with Gasteiger partial charge in [0.25, 0.3) is 0 Å². The molecule has 1 saturated heterocycles. The van der Waals surface area contributed by atoms with Gasteiger partial charge < -0.3 is 19.7 Å². The summed E-state index contributed by atoms with van der Waals surface area (Å²) in [5.74, 6) is 1.82. The molecule has 0 aromatic heterocycles. The molecule has 1 heterocycles. The first-order chi connectivity index (χ1) is 14.1. The molecule has 3 rings (SSSR count). The van der Waals surface area contributed by atoms with Crippen LogP contribution in [0.2, 0.25) is 0 Å². The summed E-state index contributed by atoms with van der Waals surface area (Å²) < 4.78 is 10.6. The number of carbonyl (C=O) groups is 2. The fourth-order valence-corrected chi connectivity index (χ4v) is 3.45. The van der Waals surface area contributed by atoms with Gasteiger partial charge in [-0.3, -0.25) is 9.59 Å². The summed E-state index contributed by atoms with van der Waals surface area (Å²) in [4.78, 5) is 26.3. The Hall–Kier alpha value is -3.02. The average Bonchev–Trinajstić information content (AvgIpc) is 3.12. The van der Waals surface area contributed by atoms with Gasteiger partial charge in [-0.2, -0.15) is 0 Å². The average molecular weight is 396 g/mol. The number of amides is 2. The summed E-state index contributed by atoms with van der Waals surface area (Å²) in [6, 6.07) is 15.3. The van der Waals surface area contributed by atoms with Crippen molar-refractivity contribution >= 4 is 17.5 Å². The molecule has 0 saturated carbocycles. The van der Waals surface area contributed by atoms with Crippen molar-refractivity contribution in [1.82, 2.24) is 5.32 Å². The number of nitrogens with zero attached hydrogens (tertiary/aromatic N) is 1. The Labute approximate surface area is 171 Å². The highest BCUT2D eigenvalue weighted by Gasteiger charge is 2.30. The van der Waals surface area contributed by atoms with Crippen LogP contribution in [0.4, 0.5) is 5.69 Å². The fourth-order valence-electron chi connectivity index (χ4n) is 3.45. The molecule has 2 aromatic carbocycles. The molecule has 0 bridgehead atoms. The Balaban J connectivity index is 1.43. The third kappa shape index (κ3) is 5.73. The minimum absolute atomic E-state index is 0.00721. The van der Waals surface area contributed by atoms with Crippen LogP contribution in [0, 0.1) is 5.92 Å². The monoisotopic (exact) mass is 396 g/mol. The van der Waals surface area contributed by atoms with Gasteiger partial charge in [0.05, 0.1) is 13.7 Å². The van der Waals surface area contributed by atoms with Gasteiger partial charge in [-0.05, 0) is 55.3 Å². The van der Waals surface area contributed by atoms with E-state index in [0.717, 1.165) is 22.7 Å². The van der Waals surface area contributed by atoms with E-state index in [1.54, 1.807) is 12.0 Å². The second-order valence-electron chi connectivity index (χ2n) is 7.15. The SMILES string of the molecule is CCOc1ccc(N2CC(CNC(=O)CCc3ccc(OC)cc3)CC2=O)cc1. The molecule has 1 aliphatic heterocycles. The highest BCUT2D eigenvalue weighted by molar-refractivity contribution is 5.95. The number of benzene rings is 2. The Morgan fingerprint density at radius 1 is 1.10 bits per heavy atom. The standard InChI is InChI=1S/C23H28N2O4/c1-3-29-21-11-7-19(8-12-21)25-16-18(14-23(25)27)15-24-22(26)13-6-17-4-9-20(28-2)10-5-17/h4-5,7-12,18H,3,6,13-16H2,1-2H3,(H,24,26). The van der Waals surface area contributed by atoms with E-state index >= 15 is 0 Å². The largest absolute Gasteiger partial charge is 0.497 e. The molecule has 1 N–H and O–H groups in total. The van der Waals surface area contributed by atoms with Gasteiger partial charge in [-0.25, -0.2) is 0 Å². The minimum atomic E-state index is 0.00721. The van der Waals surface area contributed by atoms with Crippen LogP contribution in [0.3, 0.4) is 0 Å². The van der Waals surface area contributed by atoms with Crippen LogP contribution in [0.1, 0.15) is 25.3 Å². The molecule has 0 radical (unpaired) electrons. The van der Waals surface area contributed by atoms with Crippen molar-refractivity contribution in [3.63, 3.8) is 0 Å². The van der Waals surface area contributed by atoms with Crippen molar-refractivity contribution in [2.75, 3.05) is 31.7 Å². The zero-order valence-electron chi connectivity index (χ0n) is 17.0. The summed E-state index contributed by atoms with van der Waals surface area (Å²) in [5, 5.41) is 2.97. The molecule has 6 nitrogen and oxygen atoms in total. The van der Waals surface area contributed by atoms with Crippen molar-refractivity contribution in [3.8, 4) is 11.5 Å². The van der Waals surface area contributed by atoms with Crippen LogP contribution in [-0.2, 0) is 16.0 Å². The van der Waals surface area contributed by atoms with Crippen LogP contribution >= 0.6 is 0 Å². The van der Waals surface area contributed by atoms with Crippen molar-refractivity contribution in [2.24, 2.45) is 5.92 Å². The Kier molecular flexibility index (Phi) is 7.11. The highest BCUT2D eigenvalue weighted by Crippen LogP contribution is 2.26. The van der Waals surface area contributed by atoms with Gasteiger partial charge in [0.1, 0.15) is 11.5 Å². The van der Waals surface area contributed by atoms with Crippen molar-refractivity contribution in [1.29, 1.82) is 0 Å². The predicted octanol–water partition coefficient (Wildman–Crippen LogP) is 3.20. The Morgan fingerprint density at radius 2 is 1.79 bits per heavy atom. The lowest BCUT2D eigenvalue weighted by Gasteiger charge is -2.17. The lowest BCUT2D eigenvalue weighted by molar-refractivity contribution is -0.121. The third-order valence-corrected chi connectivity index (χ3v) is 5.05. The second kappa shape index (κ2) is 9.96. The Bertz CT molecular complexity index is 818. The maximum Gasteiger partial charge on any atom is 0.227 e. The number of carbonyl (C=O) groups excluding carboxylic acids is 2. The molecular weight excluding hydrogens is 368 g/mol. The van der Waals surface area contributed by atoms with Gasteiger partial charge in [-0.15, -0.1) is 0 Å². The summed E-state index contributed by atoms with van der Waals surface area (Å²) in [6.07, 6.45) is 1.55. The maximum absolute atomic E-state index is 12.4. The third-order valence-electron chi connectivity index (χ3n) is 5.05. The van der Waals surface area contributed by atoms with E-state index in [-0.39, 0.29) is 17.7 Å². The number of nitrogens with one attached hydrogen (secondary N) is 1. The first-order valence-electron chi connectivity index (χ1n) is 10.0. The van der Waals surface area contributed by atoms with Crippen LogP contribution in [0.25, 0.3) is 0 Å². The van der Waals surface area contributed by atoms with Crippen molar-refractivity contribution < 1.29 is 19.1 Å². The molecule has 0 spiro atoms. The van der Waals surface area contributed by atoms with E-state index in [0.29, 0.717) is 39.0 Å². The van der Waals surface area contributed by atoms with Crippen LogP contribution in [0.15, 0.2) is 48.5 Å². The van der Waals surface area contributed by atoms with Gasteiger partial charge in [0, 0.05) is 37.5 Å². The topological polar surface area (TPSA) is 67.9 Å². The van der Waals surface area contributed by atoms with Gasteiger partial charge in [-0.1, -0.05) is 12.1 Å². The molecule has 1 aliphatic rings. The number of anilines is 1. The molecule has 154 valence electrons. The second-order valence-corrected chi connectivity index (χ2v) is 7.15. The summed E-state index contributed by atoms with van der Waals surface area (Å²) in [6.45, 7) is 3.68. The van der Waals surface area contributed by atoms with E-state index in [1.165, 1.54) is 0 Å². The smallest absolute Gasteiger partial charge is 0.227 e. The van der Waals surface area contributed by atoms with E-state index in [9.17, 15) is 9.59 Å². The van der Waals surface area contributed by atoms with Crippen LogP contribution in [-0.4, -0.2) is 38.6 Å². The molecule has 29 heavy (non-hydrogen) atoms. The molecule has 1 fully saturated rings. The first kappa shape index (κ1) is 20.7. The number of rotatable bonds is 9. The highest BCUT2D eigenvalue weighted by atomic mass is 16.5. The van der Waals surface area contributed by atoms with E-state index in [1.807, 2.05) is 55.5 Å². The van der Waals surface area contributed by atoms with Crippen LogP contribution < -0.4 is 19.7 Å². The molecule has 2 amide bonds. The van der Waals surface area contributed by atoms with E-state index < -0.39 is 0 Å². The van der Waals surface area contributed by atoms with Gasteiger partial charge in [0.2, 0.25) is 11.8 Å². The van der Waals surface area contributed by atoms with Crippen molar-refractivity contribution in [3.05, 3.63) is 54.1 Å². The van der Waals surface area contributed by atoms with E-state index in [4.69, 9.17) is 9.47 Å². The minimum Gasteiger partial charge on any atom is -0.497 e. The van der Waals surface area contributed by atoms with Crippen molar-refractivity contribution in [2.45, 2.75) is 26.2 Å². The molecule has 2 aromatic rings. The fraction of sp³-hybridized carbons (Fsp3) is 0.391. The zero-order chi connectivity index (χ0) is 20.6. The lowest BCUT2D eigenvalue weighted by Crippen LogP contribution is -2.31. The van der Waals surface area contributed by atoms with Crippen LogP contribution in [0.5, 0.6) is 11.5 Å². The summed E-state index contributed by atoms with van der Waals surface area (Å²) in [7, 11) is 1.63. The van der Waals surface area contributed by atoms with Gasteiger partial charge >= 0.3 is 0 Å². The van der Waals surface area contributed by atoms with E-state index in [2.05, 4.69) is 5.32 Å². The molecule has 6 heteroatoms. The number of aryl methyl sites for hydroxylation is 1. The normalized spacial score (nSPS) is 16.0. The predicted molar refractivity (Wildman–Crippen MR) is 112 cm³/mol. The number of hydrogen-bond donors (Lipinski definition) is 1. The first-order valence-corrected chi connectivity index (χ1v) is 10.0. The number of hydrogen-bond acceptors (Lipinski definition) is 4. The zero-order valence-corrected chi connectivity index (χ0v) is 17.0. The number of methoxy groups -OCH3 is 1. The maximum atomic E-state index is 12.4. The lowest BCUT2D eigenvalue weighted by atomic mass is 10.1. The molecule has 1 atom stereocenters. The Morgan fingerprint density at radius 3 is 2.45 bits per heavy atom. The quantitative estimate of drug-likeness (QED) is 0.707. The molecular formula is C23H28N2O4.